The van der Waals surface area contributed by atoms with Gasteiger partial charge in [-0.15, -0.1) is 27.2 Å². The van der Waals surface area contributed by atoms with E-state index < -0.39 is 0 Å². The van der Waals surface area contributed by atoms with Crippen LogP contribution in [0.25, 0.3) is 0 Å². The normalized spacial score (nSPS) is 13.0. The molecule has 122 valence electrons. The molecule has 2 aromatic carbocycles. The van der Waals surface area contributed by atoms with E-state index in [-0.39, 0.29) is 22.8 Å². The first kappa shape index (κ1) is 16.9. The Morgan fingerprint density at radius 2 is 1.75 bits per heavy atom. The van der Waals surface area contributed by atoms with Gasteiger partial charge in [0, 0.05) is 12.2 Å². The molecule has 0 atom stereocenters. The van der Waals surface area contributed by atoms with E-state index in [9.17, 15) is 4.39 Å². The Balaban J connectivity index is 0.00000169. The summed E-state index contributed by atoms with van der Waals surface area (Å²) in [7, 11) is 0. The summed E-state index contributed by atoms with van der Waals surface area (Å²) in [5.41, 5.74) is 2.98. The summed E-state index contributed by atoms with van der Waals surface area (Å²) >= 11 is 1.59. The molecule has 0 saturated carbocycles. The number of aromatic nitrogens is 3. The maximum absolute atomic E-state index is 13.1. The van der Waals surface area contributed by atoms with Crippen LogP contribution in [0.1, 0.15) is 17.0 Å². The minimum absolute atomic E-state index is 0. The van der Waals surface area contributed by atoms with Gasteiger partial charge < -0.3 is 0 Å². The second kappa shape index (κ2) is 7.27. The topological polar surface area (TPSA) is 43.1 Å². The highest BCUT2D eigenvalue weighted by atomic mass is 79.9. The van der Waals surface area contributed by atoms with E-state index in [1.807, 2.05) is 18.2 Å². The molecule has 1 aromatic heterocycles. The molecule has 0 bridgehead atoms. The van der Waals surface area contributed by atoms with Crippen molar-refractivity contribution in [2.45, 2.75) is 11.6 Å². The summed E-state index contributed by atoms with van der Waals surface area (Å²) in [5, 5.41) is 13.9. The van der Waals surface area contributed by atoms with Gasteiger partial charge in [0.05, 0.1) is 5.71 Å². The minimum Gasteiger partial charge on any atom is -0.207 e. The lowest BCUT2D eigenvalue weighted by molar-refractivity contribution is 0.627. The second-order valence-electron chi connectivity index (χ2n) is 5.22. The summed E-state index contributed by atoms with van der Waals surface area (Å²) in [4.78, 5) is 0. The van der Waals surface area contributed by atoms with Crippen LogP contribution < -0.4 is 0 Å². The maximum atomic E-state index is 13.1. The summed E-state index contributed by atoms with van der Waals surface area (Å²) < 4.78 is 14.9. The summed E-state index contributed by atoms with van der Waals surface area (Å²) in [6, 6.07) is 16.5. The Labute approximate surface area is 153 Å². The third-order valence-corrected chi connectivity index (χ3v) is 4.55. The summed E-state index contributed by atoms with van der Waals surface area (Å²) in [6.07, 6.45) is 0.675. The first-order chi connectivity index (χ1) is 11.3. The number of nitrogens with zero attached hydrogens (tertiary/aromatic N) is 4. The summed E-state index contributed by atoms with van der Waals surface area (Å²) in [5.74, 6) is 1.26. The van der Waals surface area contributed by atoms with Gasteiger partial charge >= 0.3 is 0 Å². The van der Waals surface area contributed by atoms with Gasteiger partial charge in [-0.25, -0.2) is 4.39 Å². The standard InChI is InChI=1S/C17H13FN4S.BrH/c18-14-8-6-13(7-9-14)15-11-23-17-20-19-16(22(17)21-15)10-12-4-2-1-3-5-12;/h1-9H,10-11H2;1H. The molecule has 0 spiro atoms. The average Bonchev–Trinajstić information content (AvgIpc) is 2.99. The molecule has 7 heteroatoms. The molecule has 0 N–H and O–H groups in total. The van der Waals surface area contributed by atoms with Crippen molar-refractivity contribution >= 4 is 34.5 Å². The molecule has 0 fully saturated rings. The monoisotopic (exact) mass is 404 g/mol. The fourth-order valence-electron chi connectivity index (χ4n) is 2.44. The molecule has 2 heterocycles. The Kier molecular flexibility index (Phi) is 5.11. The molecular weight excluding hydrogens is 391 g/mol. The number of hydrogen-bond donors (Lipinski definition) is 0. The third-order valence-electron chi connectivity index (χ3n) is 3.62. The average molecular weight is 405 g/mol. The SMILES string of the molecule is Br.Fc1ccc(C2=Nn3c(Cc4ccccc4)nnc3SC2)cc1. The van der Waals surface area contributed by atoms with Crippen molar-refractivity contribution in [1.82, 2.24) is 14.9 Å². The Hall–Kier alpha value is -1.99. The van der Waals surface area contributed by atoms with Gasteiger partial charge in [-0.1, -0.05) is 54.2 Å². The van der Waals surface area contributed by atoms with Crippen LogP contribution in [0, 0.1) is 5.82 Å². The van der Waals surface area contributed by atoms with Crippen LogP contribution >= 0.6 is 28.7 Å². The number of hydrogen-bond acceptors (Lipinski definition) is 4. The van der Waals surface area contributed by atoms with Crippen molar-refractivity contribution < 1.29 is 4.39 Å². The number of rotatable bonds is 3. The van der Waals surface area contributed by atoms with Crippen LogP contribution in [0.15, 0.2) is 64.9 Å². The van der Waals surface area contributed by atoms with E-state index in [4.69, 9.17) is 0 Å². The lowest BCUT2D eigenvalue weighted by Gasteiger charge is -2.14. The predicted molar refractivity (Wildman–Crippen MR) is 98.7 cm³/mol. The van der Waals surface area contributed by atoms with Crippen molar-refractivity contribution in [3.05, 3.63) is 77.4 Å². The van der Waals surface area contributed by atoms with Crippen molar-refractivity contribution in [1.29, 1.82) is 0 Å². The van der Waals surface area contributed by atoms with E-state index in [0.717, 1.165) is 27.8 Å². The van der Waals surface area contributed by atoms with E-state index in [2.05, 4.69) is 27.4 Å². The van der Waals surface area contributed by atoms with E-state index in [1.165, 1.54) is 12.1 Å². The van der Waals surface area contributed by atoms with Crippen LogP contribution in [0.4, 0.5) is 4.39 Å². The van der Waals surface area contributed by atoms with Gasteiger partial charge in [-0.3, -0.25) is 0 Å². The van der Waals surface area contributed by atoms with Gasteiger partial charge in [0.1, 0.15) is 5.82 Å². The van der Waals surface area contributed by atoms with Crippen LogP contribution in [0.3, 0.4) is 0 Å². The molecule has 1 aliphatic heterocycles. The zero-order valence-electron chi connectivity index (χ0n) is 12.6. The Morgan fingerprint density at radius 3 is 2.50 bits per heavy atom. The molecule has 1 aliphatic rings. The first-order valence-electron chi connectivity index (χ1n) is 7.24. The van der Waals surface area contributed by atoms with Gasteiger partial charge in [0.2, 0.25) is 5.16 Å². The molecule has 0 amide bonds. The molecular formula is C17H14BrFN4S. The van der Waals surface area contributed by atoms with Crippen molar-refractivity contribution in [3.8, 4) is 0 Å². The Morgan fingerprint density at radius 1 is 1.00 bits per heavy atom. The second-order valence-corrected chi connectivity index (χ2v) is 6.16. The number of halogens is 2. The molecule has 3 aromatic rings. The quantitative estimate of drug-likeness (QED) is 0.663. The van der Waals surface area contributed by atoms with Crippen molar-refractivity contribution in [2.24, 2.45) is 5.10 Å². The van der Waals surface area contributed by atoms with Gasteiger partial charge in [-0.05, 0) is 23.3 Å². The Bertz CT molecular complexity index is 862. The zero-order valence-corrected chi connectivity index (χ0v) is 15.1. The zero-order chi connectivity index (χ0) is 15.6. The third kappa shape index (κ3) is 3.42. The molecule has 0 aliphatic carbocycles. The van der Waals surface area contributed by atoms with E-state index in [0.29, 0.717) is 12.2 Å². The summed E-state index contributed by atoms with van der Waals surface area (Å²) in [6.45, 7) is 0. The molecule has 4 rings (SSSR count). The number of fused-ring (bicyclic) bond motifs is 1. The lowest BCUT2D eigenvalue weighted by Crippen LogP contribution is -2.14. The first-order valence-corrected chi connectivity index (χ1v) is 8.23. The van der Waals surface area contributed by atoms with Crippen LogP contribution in [-0.4, -0.2) is 26.3 Å². The van der Waals surface area contributed by atoms with Crippen molar-refractivity contribution in [3.63, 3.8) is 0 Å². The van der Waals surface area contributed by atoms with Crippen LogP contribution in [0.2, 0.25) is 0 Å². The molecule has 24 heavy (non-hydrogen) atoms. The molecule has 0 saturated heterocycles. The number of benzene rings is 2. The van der Waals surface area contributed by atoms with Crippen molar-refractivity contribution in [2.75, 3.05) is 5.75 Å². The fraction of sp³-hybridized carbons (Fsp3) is 0.118. The predicted octanol–water partition coefficient (Wildman–Crippen LogP) is 3.94. The highest BCUT2D eigenvalue weighted by Gasteiger charge is 2.19. The van der Waals surface area contributed by atoms with Gasteiger partial charge in [0.15, 0.2) is 5.82 Å². The maximum Gasteiger partial charge on any atom is 0.212 e. The highest BCUT2D eigenvalue weighted by Crippen LogP contribution is 2.25. The molecule has 0 radical (unpaired) electrons. The van der Waals surface area contributed by atoms with Gasteiger partial charge in [0.25, 0.3) is 0 Å². The van der Waals surface area contributed by atoms with Crippen LogP contribution in [0.5, 0.6) is 0 Å². The van der Waals surface area contributed by atoms with Crippen LogP contribution in [-0.2, 0) is 6.42 Å². The fourth-order valence-corrected chi connectivity index (χ4v) is 3.30. The minimum atomic E-state index is -0.243. The number of thioether (sulfide) groups is 1. The van der Waals surface area contributed by atoms with E-state index in [1.54, 1.807) is 28.6 Å². The molecule has 4 nitrogen and oxygen atoms in total. The van der Waals surface area contributed by atoms with Gasteiger partial charge in [-0.2, -0.15) is 9.78 Å². The largest absolute Gasteiger partial charge is 0.212 e. The smallest absolute Gasteiger partial charge is 0.207 e. The highest BCUT2D eigenvalue weighted by molar-refractivity contribution is 8.93. The van der Waals surface area contributed by atoms with E-state index >= 15 is 0 Å². The molecule has 0 unspecified atom stereocenters. The lowest BCUT2D eigenvalue weighted by atomic mass is 10.1.